The summed E-state index contributed by atoms with van der Waals surface area (Å²) in [6.45, 7) is 10.5. The highest BCUT2D eigenvalue weighted by molar-refractivity contribution is 6.03. The Morgan fingerprint density at radius 1 is 1.00 bits per heavy atom. The van der Waals surface area contributed by atoms with Gasteiger partial charge in [-0.1, -0.05) is 13.2 Å². The van der Waals surface area contributed by atoms with E-state index < -0.39 is 0 Å². The summed E-state index contributed by atoms with van der Waals surface area (Å²) in [5.74, 6) is 0. The molecule has 0 radical (unpaired) electrons. The Bertz CT molecular complexity index is 987. The molecule has 4 N–H and O–H groups in total. The number of hydrogen-bond donors (Lipinski definition) is 2. The summed E-state index contributed by atoms with van der Waals surface area (Å²) in [4.78, 5) is 0. The summed E-state index contributed by atoms with van der Waals surface area (Å²) in [5.41, 5.74) is 24.0. The van der Waals surface area contributed by atoms with Gasteiger partial charge in [0.1, 0.15) is 0 Å². The van der Waals surface area contributed by atoms with E-state index in [1.54, 1.807) is 0 Å². The highest BCUT2D eigenvalue weighted by Crippen LogP contribution is 2.52. The molecule has 0 saturated heterocycles. The normalized spacial score (nSPS) is 14.4. The maximum atomic E-state index is 9.44. The second kappa shape index (κ2) is 4.27. The van der Waals surface area contributed by atoms with Gasteiger partial charge in [-0.3, -0.25) is 0 Å². The van der Waals surface area contributed by atoms with Crippen LogP contribution in [-0.4, -0.2) is 0 Å². The maximum absolute atomic E-state index is 9.44. The lowest BCUT2D eigenvalue weighted by Gasteiger charge is -2.34. The van der Waals surface area contributed by atoms with Crippen molar-refractivity contribution in [3.8, 4) is 17.2 Å². The minimum atomic E-state index is 0.602. The first-order valence-corrected chi connectivity index (χ1v) is 7.58. The van der Waals surface area contributed by atoms with E-state index in [2.05, 4.69) is 19.2 Å². The minimum Gasteiger partial charge on any atom is -0.397 e. The summed E-state index contributed by atoms with van der Waals surface area (Å²) in [6, 6.07) is 6.20. The summed E-state index contributed by atoms with van der Waals surface area (Å²) in [7, 11) is 0. The SMILES string of the molecule is C=C1Cc2c(N)c(N)cc3c2-c2c1cc(C#N)c(C)c2CC3=C. The standard InChI is InChI=1S/C20H17N3/c1-9-4-15-11(3)12(8-21)6-13-10(2)5-16-19(18(13)15)14(9)7-17(22)20(16)23/h6-7H,1-2,4-5,22-23H2,3H3. The Labute approximate surface area is 135 Å². The lowest BCUT2D eigenvalue weighted by Crippen LogP contribution is -2.17. The van der Waals surface area contributed by atoms with Crippen molar-refractivity contribution in [1.82, 2.24) is 0 Å². The minimum absolute atomic E-state index is 0.602. The van der Waals surface area contributed by atoms with Crippen LogP contribution in [0.25, 0.3) is 22.3 Å². The Hall–Kier alpha value is -2.99. The van der Waals surface area contributed by atoms with Crippen molar-refractivity contribution in [2.45, 2.75) is 19.8 Å². The zero-order chi connectivity index (χ0) is 16.5. The third kappa shape index (κ3) is 1.58. The molecular formula is C20H17N3. The van der Waals surface area contributed by atoms with E-state index in [-0.39, 0.29) is 0 Å². The predicted octanol–water partition coefficient (Wildman–Crippen LogP) is 3.84. The van der Waals surface area contributed by atoms with Crippen molar-refractivity contribution in [2.75, 3.05) is 11.5 Å². The van der Waals surface area contributed by atoms with Gasteiger partial charge in [0.25, 0.3) is 0 Å². The summed E-state index contributed by atoms with van der Waals surface area (Å²) in [6.07, 6.45) is 1.39. The molecule has 0 aromatic heterocycles. The third-order valence-corrected chi connectivity index (χ3v) is 5.14. The molecule has 0 aliphatic heterocycles. The van der Waals surface area contributed by atoms with E-state index in [0.717, 1.165) is 45.4 Å². The fourth-order valence-electron chi connectivity index (χ4n) is 3.88. The predicted molar refractivity (Wildman–Crippen MR) is 95.6 cm³/mol. The van der Waals surface area contributed by atoms with Crippen LogP contribution in [0.2, 0.25) is 0 Å². The molecule has 2 aromatic rings. The molecule has 4 rings (SSSR count). The van der Waals surface area contributed by atoms with Crippen molar-refractivity contribution in [3.05, 3.63) is 58.7 Å². The number of benzene rings is 2. The highest BCUT2D eigenvalue weighted by Gasteiger charge is 2.32. The third-order valence-electron chi connectivity index (χ3n) is 5.14. The number of anilines is 2. The molecule has 3 heteroatoms. The van der Waals surface area contributed by atoms with Gasteiger partial charge < -0.3 is 11.5 Å². The van der Waals surface area contributed by atoms with Gasteiger partial charge in [0.05, 0.1) is 23.0 Å². The average molecular weight is 299 g/mol. The average Bonchev–Trinajstić information content (AvgIpc) is 2.52. The van der Waals surface area contributed by atoms with Crippen molar-refractivity contribution >= 4 is 22.5 Å². The summed E-state index contributed by atoms with van der Waals surface area (Å²) >= 11 is 0. The largest absolute Gasteiger partial charge is 0.397 e. The molecule has 0 spiro atoms. The first kappa shape index (κ1) is 13.7. The Morgan fingerprint density at radius 3 is 2.22 bits per heavy atom. The number of nitrogens with zero attached hydrogens (tertiary/aromatic N) is 1. The van der Waals surface area contributed by atoms with E-state index in [9.17, 15) is 5.26 Å². The molecule has 0 amide bonds. The van der Waals surface area contributed by atoms with Crippen LogP contribution in [0.15, 0.2) is 25.3 Å². The summed E-state index contributed by atoms with van der Waals surface area (Å²) in [5, 5.41) is 9.44. The fraction of sp³-hybridized carbons (Fsp3) is 0.150. The van der Waals surface area contributed by atoms with Gasteiger partial charge in [0.2, 0.25) is 0 Å². The molecule has 112 valence electrons. The van der Waals surface area contributed by atoms with Crippen LogP contribution >= 0.6 is 0 Å². The molecule has 0 bridgehead atoms. The van der Waals surface area contributed by atoms with Crippen LogP contribution in [0.5, 0.6) is 0 Å². The Balaban J connectivity index is 2.23. The van der Waals surface area contributed by atoms with Crippen LogP contribution in [0.1, 0.15) is 33.4 Å². The van der Waals surface area contributed by atoms with E-state index in [1.807, 2.05) is 19.1 Å². The molecular weight excluding hydrogens is 282 g/mol. The first-order valence-electron chi connectivity index (χ1n) is 7.58. The van der Waals surface area contributed by atoms with Crippen LogP contribution < -0.4 is 11.5 Å². The number of nitriles is 1. The van der Waals surface area contributed by atoms with Crippen molar-refractivity contribution in [1.29, 1.82) is 5.26 Å². The van der Waals surface area contributed by atoms with Crippen LogP contribution in [0, 0.1) is 18.3 Å². The zero-order valence-corrected chi connectivity index (χ0v) is 13.1. The van der Waals surface area contributed by atoms with Gasteiger partial charge in [-0.05, 0) is 75.6 Å². The van der Waals surface area contributed by atoms with Gasteiger partial charge in [-0.25, -0.2) is 0 Å². The van der Waals surface area contributed by atoms with Crippen LogP contribution in [0.3, 0.4) is 0 Å². The van der Waals surface area contributed by atoms with Crippen molar-refractivity contribution in [2.24, 2.45) is 0 Å². The number of rotatable bonds is 0. The first-order chi connectivity index (χ1) is 10.9. The van der Waals surface area contributed by atoms with Gasteiger partial charge in [-0.15, -0.1) is 0 Å². The van der Waals surface area contributed by atoms with Crippen molar-refractivity contribution < 1.29 is 0 Å². The second-order valence-electron chi connectivity index (χ2n) is 6.40. The fourth-order valence-corrected chi connectivity index (χ4v) is 3.88. The Morgan fingerprint density at radius 2 is 1.57 bits per heavy atom. The van der Waals surface area contributed by atoms with Gasteiger partial charge in [0, 0.05) is 6.42 Å². The number of hydrogen-bond acceptors (Lipinski definition) is 3. The monoisotopic (exact) mass is 299 g/mol. The van der Waals surface area contributed by atoms with Crippen molar-refractivity contribution in [3.63, 3.8) is 0 Å². The number of nitrogen functional groups attached to an aromatic ring is 2. The highest BCUT2D eigenvalue weighted by atomic mass is 14.7. The molecule has 2 aliphatic rings. The van der Waals surface area contributed by atoms with Gasteiger partial charge in [0.15, 0.2) is 0 Å². The van der Waals surface area contributed by atoms with E-state index >= 15 is 0 Å². The topological polar surface area (TPSA) is 75.8 Å². The molecule has 0 unspecified atom stereocenters. The van der Waals surface area contributed by atoms with E-state index in [1.165, 1.54) is 11.1 Å². The maximum Gasteiger partial charge on any atom is 0.0994 e. The molecule has 0 saturated carbocycles. The molecule has 0 heterocycles. The lowest BCUT2D eigenvalue weighted by atomic mass is 9.70. The summed E-state index contributed by atoms with van der Waals surface area (Å²) < 4.78 is 0. The van der Waals surface area contributed by atoms with Crippen LogP contribution in [0.4, 0.5) is 11.4 Å². The second-order valence-corrected chi connectivity index (χ2v) is 6.40. The molecule has 0 atom stereocenters. The lowest BCUT2D eigenvalue weighted by molar-refractivity contribution is 1.14. The number of allylic oxidation sites excluding steroid dienone is 2. The van der Waals surface area contributed by atoms with E-state index in [4.69, 9.17) is 11.5 Å². The molecule has 23 heavy (non-hydrogen) atoms. The number of nitrogens with two attached hydrogens (primary N) is 2. The molecule has 2 aliphatic carbocycles. The Kier molecular flexibility index (Phi) is 2.53. The zero-order valence-electron chi connectivity index (χ0n) is 13.1. The van der Waals surface area contributed by atoms with Crippen LogP contribution in [-0.2, 0) is 12.8 Å². The van der Waals surface area contributed by atoms with Gasteiger partial charge in [-0.2, -0.15) is 5.26 Å². The quantitative estimate of drug-likeness (QED) is 0.726. The van der Waals surface area contributed by atoms with E-state index in [0.29, 0.717) is 23.4 Å². The molecule has 2 aromatic carbocycles. The molecule has 0 fully saturated rings. The van der Waals surface area contributed by atoms with Gasteiger partial charge >= 0.3 is 0 Å². The smallest absolute Gasteiger partial charge is 0.0994 e. The molecule has 3 nitrogen and oxygen atoms in total.